The Morgan fingerprint density at radius 2 is 1.74 bits per heavy atom. The van der Waals surface area contributed by atoms with Crippen molar-refractivity contribution in [2.75, 3.05) is 55.8 Å². The fourth-order valence-electron chi connectivity index (χ4n) is 5.97. The Bertz CT molecular complexity index is 1740. The zero-order valence-corrected chi connectivity index (χ0v) is 24.2. The molecule has 3 aromatic heterocycles. The fraction of sp³-hybridized carbons (Fsp3) is 0.556. The molecule has 0 bridgehead atoms. The topological polar surface area (TPSA) is 120 Å². The molecule has 1 aromatic carbocycles. The lowest BCUT2D eigenvalue weighted by atomic mass is 10.0. The third-order valence-electron chi connectivity index (χ3n) is 8.30. The van der Waals surface area contributed by atoms with Gasteiger partial charge in [0, 0.05) is 46.2 Å². The highest BCUT2D eigenvalue weighted by molar-refractivity contribution is 7.91. The molecule has 0 amide bonds. The van der Waals surface area contributed by atoms with Gasteiger partial charge in [0.05, 0.1) is 35.8 Å². The maximum Gasteiger partial charge on any atom is 0.302 e. The van der Waals surface area contributed by atoms with Gasteiger partial charge in [-0.25, -0.2) is 13.4 Å². The number of nitrogens with zero attached hydrogens (tertiary/aromatic N) is 8. The number of imidazole rings is 2. The minimum absolute atomic E-state index is 0.0748. The number of sulfone groups is 1. The minimum atomic E-state index is -3.24. The Morgan fingerprint density at radius 1 is 1.02 bits per heavy atom. The number of hydrogen-bond donors (Lipinski definition) is 0. The van der Waals surface area contributed by atoms with E-state index in [9.17, 15) is 17.2 Å². The van der Waals surface area contributed by atoms with Crippen molar-refractivity contribution in [2.24, 2.45) is 7.05 Å². The van der Waals surface area contributed by atoms with Crippen LogP contribution < -0.4 is 9.64 Å². The Hall–Kier alpha value is -3.43. The van der Waals surface area contributed by atoms with Crippen molar-refractivity contribution in [1.82, 2.24) is 34.0 Å². The molecule has 15 heteroatoms. The highest BCUT2D eigenvalue weighted by Gasteiger charge is 2.38. The molecular weight excluding hydrogens is 570 g/mol. The van der Waals surface area contributed by atoms with Gasteiger partial charge in [0.15, 0.2) is 22.8 Å². The van der Waals surface area contributed by atoms with Gasteiger partial charge in [0.2, 0.25) is 5.95 Å². The monoisotopic (exact) mass is 602 g/mol. The molecule has 0 N–H and O–H groups in total. The number of aromatic nitrogens is 6. The van der Waals surface area contributed by atoms with E-state index in [1.165, 1.54) is 4.57 Å². The van der Waals surface area contributed by atoms with E-state index < -0.39 is 21.6 Å². The summed E-state index contributed by atoms with van der Waals surface area (Å²) in [5, 5.41) is 0. The summed E-state index contributed by atoms with van der Waals surface area (Å²) in [5.41, 5.74) is 1.86. The second-order valence-corrected chi connectivity index (χ2v) is 13.6. The summed E-state index contributed by atoms with van der Waals surface area (Å²) in [6.45, 7) is 4.31. The fourth-order valence-corrected chi connectivity index (χ4v) is 7.44. The molecule has 3 aliphatic heterocycles. The van der Waals surface area contributed by atoms with Gasteiger partial charge < -0.3 is 14.4 Å². The van der Waals surface area contributed by atoms with Gasteiger partial charge in [-0.2, -0.15) is 23.7 Å². The zero-order chi connectivity index (χ0) is 29.2. The Labute approximate surface area is 241 Å². The minimum Gasteiger partial charge on any atom is -0.459 e. The van der Waals surface area contributed by atoms with Crippen LogP contribution in [0, 0.1) is 0 Å². The van der Waals surface area contributed by atoms with E-state index in [1.807, 2.05) is 4.90 Å². The first kappa shape index (κ1) is 27.4. The molecule has 3 aliphatic rings. The van der Waals surface area contributed by atoms with Crippen molar-refractivity contribution in [3.8, 4) is 12.0 Å². The van der Waals surface area contributed by atoms with Crippen LogP contribution in [0.4, 0.5) is 14.6 Å². The first-order valence-corrected chi connectivity index (χ1v) is 15.9. The highest BCUT2D eigenvalue weighted by Crippen LogP contribution is 2.35. The predicted octanol–water partition coefficient (Wildman–Crippen LogP) is 2.29. The largest absolute Gasteiger partial charge is 0.459 e. The van der Waals surface area contributed by atoms with Crippen molar-refractivity contribution < 1.29 is 26.7 Å². The number of benzene rings is 1. The Morgan fingerprint density at radius 3 is 2.45 bits per heavy atom. The summed E-state index contributed by atoms with van der Waals surface area (Å²) in [7, 11) is -1.13. The predicted molar refractivity (Wildman–Crippen MR) is 151 cm³/mol. The van der Waals surface area contributed by atoms with Gasteiger partial charge in [-0.15, -0.1) is 0 Å². The second-order valence-electron chi connectivity index (χ2n) is 11.3. The van der Waals surface area contributed by atoms with Crippen LogP contribution in [-0.4, -0.2) is 105 Å². The lowest BCUT2D eigenvalue weighted by Crippen LogP contribution is -2.59. The summed E-state index contributed by atoms with van der Waals surface area (Å²) in [4.78, 5) is 22.9. The Balaban J connectivity index is 1.25. The molecule has 224 valence electrons. The molecule has 0 spiro atoms. The summed E-state index contributed by atoms with van der Waals surface area (Å²) in [5.74, 6) is -2.63. The first-order chi connectivity index (χ1) is 20.1. The molecule has 0 radical (unpaired) electrons. The molecule has 6 heterocycles. The smallest absolute Gasteiger partial charge is 0.302 e. The van der Waals surface area contributed by atoms with Gasteiger partial charge in [-0.3, -0.25) is 14.0 Å². The summed E-state index contributed by atoms with van der Waals surface area (Å²) in [6, 6.07) is 7.53. The van der Waals surface area contributed by atoms with Crippen LogP contribution in [0.3, 0.4) is 0 Å². The van der Waals surface area contributed by atoms with Crippen molar-refractivity contribution >= 4 is 37.9 Å². The van der Waals surface area contributed by atoms with E-state index in [0.29, 0.717) is 86.3 Å². The van der Waals surface area contributed by atoms with Gasteiger partial charge in [-0.1, -0.05) is 12.1 Å². The number of hydrogen-bond acceptors (Lipinski definition) is 10. The maximum atomic E-state index is 14.8. The first-order valence-electron chi connectivity index (χ1n) is 14.1. The average Bonchev–Trinajstić information content (AvgIpc) is 3.49. The van der Waals surface area contributed by atoms with E-state index in [4.69, 9.17) is 24.4 Å². The third-order valence-corrected chi connectivity index (χ3v) is 10.0. The van der Waals surface area contributed by atoms with Crippen LogP contribution in [0.25, 0.3) is 28.1 Å². The van der Waals surface area contributed by atoms with Crippen molar-refractivity contribution in [2.45, 2.75) is 37.8 Å². The average molecular weight is 603 g/mol. The third kappa shape index (κ3) is 4.86. The summed E-state index contributed by atoms with van der Waals surface area (Å²) in [6.07, 6.45) is 1.18. The molecule has 7 rings (SSSR count). The van der Waals surface area contributed by atoms with Gasteiger partial charge in [-0.05, 0) is 25.0 Å². The van der Waals surface area contributed by atoms with Crippen molar-refractivity contribution in [3.05, 3.63) is 30.1 Å². The number of morpholine rings is 1. The van der Waals surface area contributed by atoms with Crippen LogP contribution >= 0.6 is 0 Å². The van der Waals surface area contributed by atoms with Crippen molar-refractivity contribution in [3.63, 3.8) is 0 Å². The number of ether oxygens (including phenoxy) is 2. The van der Waals surface area contributed by atoms with E-state index in [0.717, 1.165) is 6.92 Å². The molecule has 0 atom stereocenters. The molecule has 0 aliphatic carbocycles. The molecule has 12 nitrogen and oxygen atoms in total. The van der Waals surface area contributed by atoms with Crippen molar-refractivity contribution in [1.29, 1.82) is 0 Å². The number of aryl methyl sites for hydroxylation is 1. The number of rotatable bonds is 6. The molecular formula is C27H32F2N8O4S. The summed E-state index contributed by atoms with van der Waals surface area (Å²) < 4.78 is 68.2. The van der Waals surface area contributed by atoms with Gasteiger partial charge in [0.1, 0.15) is 15.9 Å². The molecule has 42 heavy (non-hydrogen) atoms. The quantitative estimate of drug-likeness (QED) is 0.325. The SMILES string of the molecule is Cn1c(OC2CN(C3CCS(=O)(=O)CC3)C2)nc2c(N3CCOCC3)nc(-n3c(C(C)(F)F)nc4ccccc43)nc21. The van der Waals surface area contributed by atoms with Crippen LogP contribution in [-0.2, 0) is 27.5 Å². The van der Waals surface area contributed by atoms with E-state index in [-0.39, 0.29) is 29.6 Å². The number of para-hydroxylation sites is 2. The number of halogens is 2. The maximum absolute atomic E-state index is 14.8. The van der Waals surface area contributed by atoms with Crippen LogP contribution in [0.5, 0.6) is 6.01 Å². The van der Waals surface area contributed by atoms with E-state index in [2.05, 4.69) is 9.88 Å². The van der Waals surface area contributed by atoms with E-state index in [1.54, 1.807) is 35.9 Å². The highest BCUT2D eigenvalue weighted by atomic mass is 32.2. The lowest BCUT2D eigenvalue weighted by Gasteiger charge is -2.44. The van der Waals surface area contributed by atoms with Crippen LogP contribution in [0.2, 0.25) is 0 Å². The zero-order valence-electron chi connectivity index (χ0n) is 23.4. The normalized spacial score (nSPS) is 20.8. The van der Waals surface area contributed by atoms with E-state index >= 15 is 0 Å². The second kappa shape index (κ2) is 10.1. The lowest BCUT2D eigenvalue weighted by molar-refractivity contribution is -0.0173. The number of likely N-dealkylation sites (tertiary alicyclic amines) is 1. The molecule has 3 fully saturated rings. The van der Waals surface area contributed by atoms with Gasteiger partial charge >= 0.3 is 5.92 Å². The number of anilines is 1. The Kier molecular flexibility index (Phi) is 6.58. The summed E-state index contributed by atoms with van der Waals surface area (Å²) >= 11 is 0. The molecule has 3 saturated heterocycles. The standard InChI is InChI=1S/C27H32F2N8O4S/c1-27(28,29)24-30-19-5-3-4-6-20(19)37(24)25-32-22-21(23(33-25)35-9-11-40-12-10-35)31-26(34(22)2)41-18-15-36(16-18)17-7-13-42(38,39)14-8-17/h3-6,17-18H,7-16H2,1-2H3. The molecule has 0 unspecified atom stereocenters. The number of alkyl halides is 2. The van der Waals surface area contributed by atoms with Crippen LogP contribution in [0.1, 0.15) is 25.6 Å². The number of fused-ring (bicyclic) bond motifs is 2. The van der Waals surface area contributed by atoms with Gasteiger partial charge in [0.25, 0.3) is 6.01 Å². The molecule has 0 saturated carbocycles. The van der Waals surface area contributed by atoms with Crippen LogP contribution in [0.15, 0.2) is 24.3 Å². The molecule has 4 aromatic rings.